The van der Waals surface area contributed by atoms with Crippen molar-refractivity contribution >= 4 is 28.0 Å². The molecule has 0 saturated heterocycles. The molecule has 0 saturated carbocycles. The summed E-state index contributed by atoms with van der Waals surface area (Å²) in [5.41, 5.74) is 14.7. The van der Waals surface area contributed by atoms with Gasteiger partial charge in [0, 0.05) is 49.1 Å². The van der Waals surface area contributed by atoms with Gasteiger partial charge in [-0.25, -0.2) is 0 Å². The number of aromatic amines is 1. The number of hydrogen-bond donors (Lipinski definition) is 2. The van der Waals surface area contributed by atoms with Crippen LogP contribution >= 0.6 is 11.3 Å². The Morgan fingerprint density at radius 2 is 1.88 bits per heavy atom. The van der Waals surface area contributed by atoms with Gasteiger partial charge in [0.2, 0.25) is 0 Å². The maximum absolute atomic E-state index is 6.39. The number of benzene rings is 2. The standard InChI is InChI=1S/C27H22N4OS/c1-15-6-9-25(33-15)19-4-3-5-23-21(19)12-24(30-23)26-22-11-16(7-8-20(22)27(28)31-26)17-10-18(32-2)14-29-13-17/h3-14,27,30H,28H2,1-2H3. The Morgan fingerprint density at radius 1 is 0.970 bits per heavy atom. The third-order valence-electron chi connectivity index (χ3n) is 6.10. The highest BCUT2D eigenvalue weighted by molar-refractivity contribution is 7.15. The molecule has 0 amide bonds. The van der Waals surface area contributed by atoms with Crippen LogP contribution in [-0.2, 0) is 0 Å². The minimum absolute atomic E-state index is 0.377. The monoisotopic (exact) mass is 450 g/mol. The highest BCUT2D eigenvalue weighted by Gasteiger charge is 2.25. The van der Waals surface area contributed by atoms with Crippen LogP contribution in [0.15, 0.2) is 78.0 Å². The van der Waals surface area contributed by atoms with E-state index in [1.807, 2.05) is 23.6 Å². The molecule has 3 aromatic heterocycles. The van der Waals surface area contributed by atoms with E-state index in [1.165, 1.54) is 20.7 Å². The van der Waals surface area contributed by atoms with Crippen LogP contribution in [0, 0.1) is 6.92 Å². The van der Waals surface area contributed by atoms with Gasteiger partial charge in [0.15, 0.2) is 0 Å². The van der Waals surface area contributed by atoms with E-state index in [0.29, 0.717) is 0 Å². The Bertz CT molecular complexity index is 1550. The number of fused-ring (bicyclic) bond motifs is 2. The van der Waals surface area contributed by atoms with Crippen LogP contribution in [0.25, 0.3) is 32.5 Å². The fraction of sp³-hybridized carbons (Fsp3) is 0.111. The highest BCUT2D eigenvalue weighted by atomic mass is 32.1. The number of ether oxygens (including phenoxy) is 1. The molecule has 1 aliphatic heterocycles. The molecule has 1 unspecified atom stereocenters. The van der Waals surface area contributed by atoms with E-state index < -0.39 is 0 Å². The topological polar surface area (TPSA) is 76.3 Å². The fourth-order valence-corrected chi connectivity index (χ4v) is 5.36. The Labute approximate surface area is 195 Å². The lowest BCUT2D eigenvalue weighted by Gasteiger charge is -2.09. The number of nitrogens with two attached hydrogens (primary N) is 1. The maximum atomic E-state index is 6.39. The molecule has 0 aliphatic carbocycles. The lowest BCUT2D eigenvalue weighted by atomic mass is 9.97. The molecule has 5 aromatic rings. The molecule has 162 valence electrons. The zero-order valence-electron chi connectivity index (χ0n) is 18.3. The van der Waals surface area contributed by atoms with Gasteiger partial charge in [-0.1, -0.05) is 24.3 Å². The predicted octanol–water partition coefficient (Wildman–Crippen LogP) is 6.08. The number of methoxy groups -OCH3 is 1. The first-order valence-electron chi connectivity index (χ1n) is 10.8. The normalized spacial score (nSPS) is 15.0. The van der Waals surface area contributed by atoms with Crippen LogP contribution in [0.3, 0.4) is 0 Å². The number of aliphatic imine (C=N–C) groups is 1. The Morgan fingerprint density at radius 3 is 2.70 bits per heavy atom. The van der Waals surface area contributed by atoms with Crippen molar-refractivity contribution in [1.82, 2.24) is 9.97 Å². The second-order valence-corrected chi connectivity index (χ2v) is 9.49. The summed E-state index contributed by atoms with van der Waals surface area (Å²) in [6.07, 6.45) is 3.17. The largest absolute Gasteiger partial charge is 0.495 e. The molecule has 5 nitrogen and oxygen atoms in total. The molecule has 0 fully saturated rings. The molecule has 4 heterocycles. The average molecular weight is 451 g/mol. The summed E-state index contributed by atoms with van der Waals surface area (Å²) in [4.78, 5) is 15.3. The summed E-state index contributed by atoms with van der Waals surface area (Å²) in [5, 5.41) is 1.19. The molecule has 1 aliphatic rings. The van der Waals surface area contributed by atoms with Crippen molar-refractivity contribution in [3.8, 4) is 27.3 Å². The molecule has 1 atom stereocenters. The molecule has 2 aromatic carbocycles. The van der Waals surface area contributed by atoms with E-state index in [2.05, 4.69) is 71.5 Å². The first kappa shape index (κ1) is 19.9. The highest BCUT2D eigenvalue weighted by Crippen LogP contribution is 2.37. The minimum Gasteiger partial charge on any atom is -0.495 e. The Balaban J connectivity index is 1.46. The number of thiophene rings is 1. The molecular formula is C27H22N4OS. The number of rotatable bonds is 4. The number of H-pyrrole nitrogens is 1. The van der Waals surface area contributed by atoms with Crippen molar-refractivity contribution in [2.24, 2.45) is 10.7 Å². The van der Waals surface area contributed by atoms with Gasteiger partial charge in [-0.2, -0.15) is 0 Å². The van der Waals surface area contributed by atoms with Crippen molar-refractivity contribution in [2.45, 2.75) is 13.1 Å². The van der Waals surface area contributed by atoms with Crippen LogP contribution < -0.4 is 10.5 Å². The van der Waals surface area contributed by atoms with Gasteiger partial charge in [-0.15, -0.1) is 11.3 Å². The molecule has 0 spiro atoms. The summed E-state index contributed by atoms with van der Waals surface area (Å²) >= 11 is 1.81. The van der Waals surface area contributed by atoms with Gasteiger partial charge in [-0.05, 0) is 48.9 Å². The van der Waals surface area contributed by atoms with Crippen molar-refractivity contribution in [3.05, 3.63) is 94.8 Å². The smallest absolute Gasteiger partial charge is 0.137 e. The van der Waals surface area contributed by atoms with Crippen LogP contribution in [0.5, 0.6) is 5.75 Å². The number of aryl methyl sites for hydroxylation is 1. The summed E-state index contributed by atoms with van der Waals surface area (Å²) in [6, 6.07) is 21.2. The fourth-order valence-electron chi connectivity index (χ4n) is 4.46. The van der Waals surface area contributed by atoms with Gasteiger partial charge < -0.3 is 15.5 Å². The number of aromatic nitrogens is 2. The molecule has 0 bridgehead atoms. The maximum Gasteiger partial charge on any atom is 0.137 e. The van der Waals surface area contributed by atoms with E-state index >= 15 is 0 Å². The van der Waals surface area contributed by atoms with Crippen LogP contribution in [-0.4, -0.2) is 22.8 Å². The number of hydrogen-bond acceptors (Lipinski definition) is 5. The van der Waals surface area contributed by atoms with Crippen LogP contribution in [0.2, 0.25) is 0 Å². The zero-order valence-corrected chi connectivity index (χ0v) is 19.1. The predicted molar refractivity (Wildman–Crippen MR) is 135 cm³/mol. The summed E-state index contributed by atoms with van der Waals surface area (Å²) in [5.74, 6) is 0.727. The molecule has 3 N–H and O–H groups in total. The molecule has 6 rings (SSSR count). The Kier molecular flexibility index (Phi) is 4.64. The van der Waals surface area contributed by atoms with Gasteiger partial charge >= 0.3 is 0 Å². The average Bonchev–Trinajstić information content (AvgIpc) is 3.55. The molecule has 6 heteroatoms. The van der Waals surface area contributed by atoms with E-state index in [4.69, 9.17) is 15.5 Å². The van der Waals surface area contributed by atoms with E-state index in [1.54, 1.807) is 13.3 Å². The zero-order chi connectivity index (χ0) is 22.5. The first-order chi connectivity index (χ1) is 16.1. The SMILES string of the molecule is COc1cncc(-c2ccc3c(c2)C(c2cc4c(-c5ccc(C)s5)cccc4[nH]2)=NC3N)c1. The van der Waals surface area contributed by atoms with E-state index in [0.717, 1.165) is 44.9 Å². The molecule has 33 heavy (non-hydrogen) atoms. The summed E-state index contributed by atoms with van der Waals surface area (Å²) < 4.78 is 5.35. The minimum atomic E-state index is -0.377. The van der Waals surface area contributed by atoms with E-state index in [-0.39, 0.29) is 6.17 Å². The third-order valence-corrected chi connectivity index (χ3v) is 7.14. The van der Waals surface area contributed by atoms with Crippen molar-refractivity contribution in [3.63, 3.8) is 0 Å². The third kappa shape index (κ3) is 3.35. The van der Waals surface area contributed by atoms with Crippen LogP contribution in [0.4, 0.5) is 0 Å². The van der Waals surface area contributed by atoms with Crippen molar-refractivity contribution in [1.29, 1.82) is 0 Å². The van der Waals surface area contributed by atoms with Crippen LogP contribution in [0.1, 0.15) is 27.9 Å². The summed E-state index contributed by atoms with van der Waals surface area (Å²) in [7, 11) is 1.65. The van der Waals surface area contributed by atoms with Gasteiger partial charge in [0.25, 0.3) is 0 Å². The summed E-state index contributed by atoms with van der Waals surface area (Å²) in [6.45, 7) is 2.14. The Hall–Kier alpha value is -3.74. The molecule has 0 radical (unpaired) electrons. The van der Waals surface area contributed by atoms with Gasteiger partial charge in [0.1, 0.15) is 11.9 Å². The molecular weight excluding hydrogens is 428 g/mol. The quantitative estimate of drug-likeness (QED) is 0.348. The first-order valence-corrected chi connectivity index (χ1v) is 11.6. The lowest BCUT2D eigenvalue weighted by Crippen LogP contribution is -2.04. The van der Waals surface area contributed by atoms with Gasteiger partial charge in [-0.3, -0.25) is 9.98 Å². The number of pyridine rings is 1. The van der Waals surface area contributed by atoms with Crippen molar-refractivity contribution in [2.75, 3.05) is 7.11 Å². The second kappa shape index (κ2) is 7.69. The van der Waals surface area contributed by atoms with Gasteiger partial charge in [0.05, 0.1) is 24.7 Å². The second-order valence-electron chi connectivity index (χ2n) is 8.20. The number of nitrogens with zero attached hydrogens (tertiary/aromatic N) is 2. The lowest BCUT2D eigenvalue weighted by molar-refractivity contribution is 0.413. The number of nitrogens with one attached hydrogen (secondary N) is 1. The van der Waals surface area contributed by atoms with E-state index in [9.17, 15) is 0 Å². The van der Waals surface area contributed by atoms with Crippen molar-refractivity contribution < 1.29 is 4.74 Å².